The Morgan fingerprint density at radius 2 is 1.89 bits per heavy atom. The molecule has 0 radical (unpaired) electrons. The highest BCUT2D eigenvalue weighted by Crippen LogP contribution is 2.49. The third-order valence-corrected chi connectivity index (χ3v) is 5.87. The summed E-state index contributed by atoms with van der Waals surface area (Å²) in [6, 6.07) is 10.6. The smallest absolute Gasteiger partial charge is 0.0994 e. The molecule has 1 aromatic heterocycles. The van der Waals surface area contributed by atoms with Gasteiger partial charge in [0.05, 0.1) is 5.60 Å². The number of nitrogens with one attached hydrogen (secondary N) is 1. The topological polar surface area (TPSA) is 32.3 Å². The van der Waals surface area contributed by atoms with Crippen molar-refractivity contribution in [3.63, 3.8) is 0 Å². The fourth-order valence-corrected chi connectivity index (χ4v) is 4.80. The van der Waals surface area contributed by atoms with E-state index in [9.17, 15) is 5.11 Å². The Balaban J connectivity index is 1.74. The van der Waals surface area contributed by atoms with E-state index in [4.69, 9.17) is 0 Å². The molecular formula is C15H17NOS. The molecule has 2 aromatic rings. The van der Waals surface area contributed by atoms with Gasteiger partial charge in [0.15, 0.2) is 0 Å². The maximum Gasteiger partial charge on any atom is 0.0994 e. The fraction of sp³-hybridized carbons (Fsp3) is 0.467. The summed E-state index contributed by atoms with van der Waals surface area (Å²) in [6.07, 6.45) is 1.86. The van der Waals surface area contributed by atoms with Gasteiger partial charge < -0.3 is 10.4 Å². The van der Waals surface area contributed by atoms with E-state index >= 15 is 0 Å². The molecule has 0 amide bonds. The Kier molecular flexibility index (Phi) is 2.31. The molecule has 2 heterocycles. The van der Waals surface area contributed by atoms with E-state index < -0.39 is 5.60 Å². The predicted molar refractivity (Wildman–Crippen MR) is 74.8 cm³/mol. The molecule has 0 spiro atoms. The first-order valence-electron chi connectivity index (χ1n) is 6.67. The van der Waals surface area contributed by atoms with Crippen LogP contribution in [0.1, 0.15) is 17.7 Å². The highest BCUT2D eigenvalue weighted by molar-refractivity contribution is 7.19. The van der Waals surface area contributed by atoms with Crippen LogP contribution in [0.2, 0.25) is 0 Å². The number of thiophene rings is 1. The molecule has 4 rings (SSSR count). The number of hydrogen-bond acceptors (Lipinski definition) is 3. The van der Waals surface area contributed by atoms with Gasteiger partial charge in [0.2, 0.25) is 0 Å². The van der Waals surface area contributed by atoms with Crippen LogP contribution in [0.25, 0.3) is 10.1 Å². The highest BCUT2D eigenvalue weighted by Gasteiger charge is 2.47. The predicted octanol–water partition coefficient (Wildman–Crippen LogP) is 2.72. The molecule has 1 aromatic carbocycles. The Bertz CT molecular complexity index is 546. The minimum atomic E-state index is -0.568. The van der Waals surface area contributed by atoms with Crippen LogP contribution in [0.4, 0.5) is 0 Å². The molecule has 3 heteroatoms. The van der Waals surface area contributed by atoms with Crippen molar-refractivity contribution in [2.24, 2.45) is 11.8 Å². The molecule has 94 valence electrons. The maximum absolute atomic E-state index is 11.0. The minimum absolute atomic E-state index is 0.568. The van der Waals surface area contributed by atoms with Gasteiger partial charge >= 0.3 is 0 Å². The van der Waals surface area contributed by atoms with Crippen molar-refractivity contribution in [2.45, 2.75) is 18.4 Å². The first kappa shape index (κ1) is 11.0. The SMILES string of the molecule is OC1(c2cc3ccccc3s2)CC2CNCC2C1. The number of rotatable bonds is 1. The summed E-state index contributed by atoms with van der Waals surface area (Å²) in [5.41, 5.74) is -0.568. The van der Waals surface area contributed by atoms with E-state index in [2.05, 4.69) is 35.6 Å². The van der Waals surface area contributed by atoms with Crippen molar-refractivity contribution >= 4 is 21.4 Å². The van der Waals surface area contributed by atoms with Gasteiger partial charge in [-0.25, -0.2) is 0 Å². The molecule has 1 saturated heterocycles. The first-order chi connectivity index (χ1) is 8.74. The van der Waals surface area contributed by atoms with Gasteiger partial charge in [-0.2, -0.15) is 0 Å². The average molecular weight is 259 g/mol. The lowest BCUT2D eigenvalue weighted by Crippen LogP contribution is -2.24. The normalized spacial score (nSPS) is 35.2. The molecule has 18 heavy (non-hydrogen) atoms. The third kappa shape index (κ3) is 1.54. The molecule has 2 fully saturated rings. The minimum Gasteiger partial charge on any atom is -0.384 e. The van der Waals surface area contributed by atoms with Crippen molar-refractivity contribution in [2.75, 3.05) is 13.1 Å². The molecule has 2 unspecified atom stereocenters. The molecular weight excluding hydrogens is 242 g/mol. The van der Waals surface area contributed by atoms with Gasteiger partial charge in [0.25, 0.3) is 0 Å². The number of benzene rings is 1. The van der Waals surface area contributed by atoms with E-state index in [1.54, 1.807) is 11.3 Å². The molecule has 1 aliphatic heterocycles. The summed E-state index contributed by atoms with van der Waals surface area (Å²) < 4.78 is 1.29. The summed E-state index contributed by atoms with van der Waals surface area (Å²) in [7, 11) is 0. The Morgan fingerprint density at radius 3 is 2.61 bits per heavy atom. The number of aliphatic hydroxyl groups is 1. The summed E-state index contributed by atoms with van der Waals surface area (Å²) in [5, 5.41) is 15.6. The zero-order chi connectivity index (χ0) is 12.2. The van der Waals surface area contributed by atoms with E-state index in [1.807, 2.05) is 0 Å². The van der Waals surface area contributed by atoms with E-state index in [0.717, 1.165) is 30.8 Å². The third-order valence-electron chi connectivity index (χ3n) is 4.56. The van der Waals surface area contributed by atoms with Crippen molar-refractivity contribution in [1.29, 1.82) is 0 Å². The Hall–Kier alpha value is -0.900. The van der Waals surface area contributed by atoms with Gasteiger partial charge in [0.1, 0.15) is 0 Å². The monoisotopic (exact) mass is 259 g/mol. The molecule has 2 N–H and O–H groups in total. The summed E-state index contributed by atoms with van der Waals surface area (Å²) in [6.45, 7) is 2.16. The van der Waals surface area contributed by atoms with Gasteiger partial charge in [0, 0.05) is 9.58 Å². The molecule has 1 aliphatic carbocycles. The molecule has 2 nitrogen and oxygen atoms in total. The van der Waals surface area contributed by atoms with Crippen LogP contribution in [0.3, 0.4) is 0 Å². The first-order valence-corrected chi connectivity index (χ1v) is 7.48. The highest BCUT2D eigenvalue weighted by atomic mass is 32.1. The zero-order valence-electron chi connectivity index (χ0n) is 10.2. The summed E-state index contributed by atoms with van der Waals surface area (Å²) in [5.74, 6) is 1.33. The lowest BCUT2D eigenvalue weighted by atomic mass is 9.97. The number of hydrogen-bond donors (Lipinski definition) is 2. The molecule has 2 aliphatic rings. The van der Waals surface area contributed by atoms with Gasteiger partial charge in [-0.1, -0.05) is 18.2 Å². The maximum atomic E-state index is 11.0. The van der Waals surface area contributed by atoms with Crippen molar-refractivity contribution in [1.82, 2.24) is 5.32 Å². The van der Waals surface area contributed by atoms with E-state index in [0.29, 0.717) is 11.8 Å². The van der Waals surface area contributed by atoms with Crippen LogP contribution in [-0.2, 0) is 5.60 Å². The van der Waals surface area contributed by atoms with E-state index in [1.165, 1.54) is 10.1 Å². The molecule has 1 saturated carbocycles. The van der Waals surface area contributed by atoms with Crippen molar-refractivity contribution in [3.8, 4) is 0 Å². The molecule has 2 atom stereocenters. The van der Waals surface area contributed by atoms with Gasteiger partial charge in [-0.15, -0.1) is 11.3 Å². The largest absolute Gasteiger partial charge is 0.384 e. The zero-order valence-corrected chi connectivity index (χ0v) is 11.0. The van der Waals surface area contributed by atoms with Crippen molar-refractivity contribution in [3.05, 3.63) is 35.2 Å². The van der Waals surface area contributed by atoms with Gasteiger partial charge in [-0.3, -0.25) is 0 Å². The number of fused-ring (bicyclic) bond motifs is 2. The van der Waals surface area contributed by atoms with Crippen LogP contribution < -0.4 is 5.32 Å². The van der Waals surface area contributed by atoms with Crippen LogP contribution in [0.15, 0.2) is 30.3 Å². The Labute approximate surface area is 111 Å². The second kappa shape index (κ2) is 3.80. The van der Waals surface area contributed by atoms with Crippen LogP contribution in [0.5, 0.6) is 0 Å². The average Bonchev–Trinajstić information content (AvgIpc) is 3.00. The van der Waals surface area contributed by atoms with Crippen LogP contribution >= 0.6 is 11.3 Å². The quantitative estimate of drug-likeness (QED) is 0.825. The lowest BCUT2D eigenvalue weighted by Gasteiger charge is -2.22. The lowest BCUT2D eigenvalue weighted by molar-refractivity contribution is 0.0397. The van der Waals surface area contributed by atoms with Crippen molar-refractivity contribution < 1.29 is 5.11 Å². The molecule has 0 bridgehead atoms. The van der Waals surface area contributed by atoms with Crippen LogP contribution in [0, 0.1) is 11.8 Å². The summed E-state index contributed by atoms with van der Waals surface area (Å²) in [4.78, 5) is 1.16. The standard InChI is InChI=1S/C15H17NOS/c17-15(6-11-8-16-9-12(11)7-15)14-5-10-3-1-2-4-13(10)18-14/h1-5,11-12,16-17H,6-9H2. The second-order valence-electron chi connectivity index (χ2n) is 5.77. The van der Waals surface area contributed by atoms with E-state index in [-0.39, 0.29) is 0 Å². The van der Waals surface area contributed by atoms with Crippen LogP contribution in [-0.4, -0.2) is 18.2 Å². The summed E-state index contributed by atoms with van der Waals surface area (Å²) >= 11 is 1.76. The second-order valence-corrected chi connectivity index (χ2v) is 6.85. The Morgan fingerprint density at radius 1 is 1.17 bits per heavy atom. The van der Waals surface area contributed by atoms with Gasteiger partial charge in [-0.05, 0) is 55.3 Å². The fourth-order valence-electron chi connectivity index (χ4n) is 3.63.